The molecule has 2 atom stereocenters. The molecule has 1 aliphatic rings. The summed E-state index contributed by atoms with van der Waals surface area (Å²) in [6.45, 7) is 5.24. The third-order valence-corrected chi connectivity index (χ3v) is 5.51. The minimum atomic E-state index is -0.0501. The minimum Gasteiger partial charge on any atom is -0.373 e. The molecule has 1 aliphatic heterocycles. The molecule has 1 fully saturated rings. The molecular formula is C12H18BrNOS. The normalized spacial score (nSPS) is 27.2. The van der Waals surface area contributed by atoms with Gasteiger partial charge in [-0.2, -0.15) is 0 Å². The van der Waals surface area contributed by atoms with Crippen LogP contribution in [0.15, 0.2) is 10.5 Å². The van der Waals surface area contributed by atoms with E-state index in [1.807, 2.05) is 18.4 Å². The third-order valence-electron chi connectivity index (χ3n) is 3.31. The standard InChI is InChI=1S/C12H18BrNOS/c1-8-9(13)7-10(16-8)11(14-3)12(2)5-4-6-15-12/h7,11,14H,4-6H2,1-3H3. The van der Waals surface area contributed by atoms with Crippen LogP contribution in [0.3, 0.4) is 0 Å². The molecule has 0 radical (unpaired) electrons. The lowest BCUT2D eigenvalue weighted by Crippen LogP contribution is -2.39. The van der Waals surface area contributed by atoms with Crippen molar-refractivity contribution in [1.82, 2.24) is 5.32 Å². The van der Waals surface area contributed by atoms with Crippen LogP contribution in [0.25, 0.3) is 0 Å². The van der Waals surface area contributed by atoms with Crippen LogP contribution in [0.4, 0.5) is 0 Å². The van der Waals surface area contributed by atoms with Gasteiger partial charge < -0.3 is 10.1 Å². The zero-order valence-electron chi connectivity index (χ0n) is 9.97. The van der Waals surface area contributed by atoms with Crippen molar-refractivity contribution in [3.05, 3.63) is 20.3 Å². The van der Waals surface area contributed by atoms with Gasteiger partial charge in [-0.05, 0) is 55.7 Å². The monoisotopic (exact) mass is 303 g/mol. The molecule has 0 aromatic carbocycles. The van der Waals surface area contributed by atoms with E-state index in [4.69, 9.17) is 4.74 Å². The van der Waals surface area contributed by atoms with E-state index < -0.39 is 0 Å². The van der Waals surface area contributed by atoms with Crippen molar-refractivity contribution in [3.8, 4) is 0 Å². The highest BCUT2D eigenvalue weighted by Crippen LogP contribution is 2.41. The second-order valence-electron chi connectivity index (χ2n) is 4.54. The average molecular weight is 304 g/mol. The van der Waals surface area contributed by atoms with Gasteiger partial charge in [0.25, 0.3) is 0 Å². The molecule has 2 heterocycles. The molecule has 1 N–H and O–H groups in total. The van der Waals surface area contributed by atoms with Gasteiger partial charge in [0.05, 0.1) is 11.6 Å². The number of likely N-dealkylation sites (N-methyl/N-ethyl adjacent to an activating group) is 1. The van der Waals surface area contributed by atoms with Gasteiger partial charge in [-0.3, -0.25) is 0 Å². The Morgan fingerprint density at radius 2 is 2.38 bits per heavy atom. The van der Waals surface area contributed by atoms with Gasteiger partial charge in [-0.1, -0.05) is 0 Å². The van der Waals surface area contributed by atoms with E-state index in [9.17, 15) is 0 Å². The molecule has 2 nitrogen and oxygen atoms in total. The predicted octanol–water partition coefficient (Wildman–Crippen LogP) is 3.65. The highest BCUT2D eigenvalue weighted by molar-refractivity contribution is 9.10. The van der Waals surface area contributed by atoms with Crippen LogP contribution in [0.1, 0.15) is 35.6 Å². The SMILES string of the molecule is CNC(c1cc(Br)c(C)s1)C1(C)CCCO1. The number of halogens is 1. The lowest BCUT2D eigenvalue weighted by atomic mass is 9.92. The molecule has 1 saturated heterocycles. The summed E-state index contributed by atoms with van der Waals surface area (Å²) in [6.07, 6.45) is 2.30. The molecule has 2 rings (SSSR count). The number of thiophene rings is 1. The summed E-state index contributed by atoms with van der Waals surface area (Å²) in [5.41, 5.74) is -0.0501. The molecule has 1 aromatic rings. The Morgan fingerprint density at radius 1 is 1.62 bits per heavy atom. The van der Waals surface area contributed by atoms with E-state index in [0.717, 1.165) is 13.0 Å². The van der Waals surface area contributed by atoms with Crippen LogP contribution in [0.2, 0.25) is 0 Å². The van der Waals surface area contributed by atoms with Crippen molar-refractivity contribution in [3.63, 3.8) is 0 Å². The third kappa shape index (κ3) is 2.21. The van der Waals surface area contributed by atoms with E-state index in [0.29, 0.717) is 6.04 Å². The summed E-state index contributed by atoms with van der Waals surface area (Å²) < 4.78 is 7.13. The number of nitrogens with one attached hydrogen (secondary N) is 1. The van der Waals surface area contributed by atoms with Crippen molar-refractivity contribution in [2.24, 2.45) is 0 Å². The Bertz CT molecular complexity index is 352. The maximum atomic E-state index is 5.93. The minimum absolute atomic E-state index is 0.0501. The summed E-state index contributed by atoms with van der Waals surface area (Å²) in [5.74, 6) is 0. The zero-order valence-corrected chi connectivity index (χ0v) is 12.4. The molecule has 90 valence electrons. The summed E-state index contributed by atoms with van der Waals surface area (Å²) in [4.78, 5) is 2.69. The van der Waals surface area contributed by atoms with Gasteiger partial charge in [0.1, 0.15) is 0 Å². The number of aryl methyl sites for hydroxylation is 1. The molecule has 2 unspecified atom stereocenters. The maximum Gasteiger partial charge on any atom is 0.0857 e. The molecular weight excluding hydrogens is 286 g/mol. The first-order valence-corrected chi connectivity index (χ1v) is 7.25. The van der Waals surface area contributed by atoms with Crippen LogP contribution in [-0.2, 0) is 4.74 Å². The van der Waals surface area contributed by atoms with Gasteiger partial charge in [-0.15, -0.1) is 11.3 Å². The summed E-state index contributed by atoms with van der Waals surface area (Å²) >= 11 is 5.42. The van der Waals surface area contributed by atoms with E-state index in [1.54, 1.807) is 0 Å². The van der Waals surface area contributed by atoms with Gasteiger partial charge in [0.15, 0.2) is 0 Å². The second-order valence-corrected chi connectivity index (χ2v) is 6.68. The first-order valence-electron chi connectivity index (χ1n) is 5.64. The van der Waals surface area contributed by atoms with Crippen molar-refractivity contribution >= 4 is 27.3 Å². The number of hydrogen-bond acceptors (Lipinski definition) is 3. The van der Waals surface area contributed by atoms with Gasteiger partial charge >= 0.3 is 0 Å². The fraction of sp³-hybridized carbons (Fsp3) is 0.667. The molecule has 0 amide bonds. The number of hydrogen-bond donors (Lipinski definition) is 1. The molecule has 1 aromatic heterocycles. The van der Waals surface area contributed by atoms with Crippen LogP contribution in [0.5, 0.6) is 0 Å². The lowest BCUT2D eigenvalue weighted by Gasteiger charge is -2.32. The largest absolute Gasteiger partial charge is 0.373 e. The Hall–Kier alpha value is 0.1000. The fourth-order valence-electron chi connectivity index (χ4n) is 2.40. The van der Waals surface area contributed by atoms with Crippen molar-refractivity contribution < 1.29 is 4.74 Å². The van der Waals surface area contributed by atoms with Gasteiger partial charge in [-0.25, -0.2) is 0 Å². The molecule has 0 aliphatic carbocycles. The van der Waals surface area contributed by atoms with Crippen molar-refractivity contribution in [2.75, 3.05) is 13.7 Å². The quantitative estimate of drug-likeness (QED) is 0.920. The topological polar surface area (TPSA) is 21.3 Å². The molecule has 4 heteroatoms. The Kier molecular flexibility index (Phi) is 3.74. The molecule has 0 spiro atoms. The number of rotatable bonds is 3. The van der Waals surface area contributed by atoms with Crippen molar-refractivity contribution in [1.29, 1.82) is 0 Å². The molecule has 16 heavy (non-hydrogen) atoms. The van der Waals surface area contributed by atoms with Crippen LogP contribution in [0, 0.1) is 6.92 Å². The van der Waals surface area contributed by atoms with Crippen molar-refractivity contribution in [2.45, 2.75) is 38.3 Å². The average Bonchev–Trinajstić information content (AvgIpc) is 2.77. The fourth-order valence-corrected chi connectivity index (χ4v) is 4.21. The van der Waals surface area contributed by atoms with Crippen LogP contribution >= 0.6 is 27.3 Å². The first-order chi connectivity index (χ1) is 7.57. The summed E-state index contributed by atoms with van der Waals surface area (Å²) in [5, 5.41) is 3.41. The Balaban J connectivity index is 2.28. The van der Waals surface area contributed by atoms with Gasteiger partial charge in [0.2, 0.25) is 0 Å². The smallest absolute Gasteiger partial charge is 0.0857 e. The Labute approximate surface area is 110 Å². The van der Waals surface area contributed by atoms with E-state index in [-0.39, 0.29) is 5.60 Å². The Morgan fingerprint density at radius 3 is 2.81 bits per heavy atom. The van der Waals surface area contributed by atoms with Gasteiger partial charge in [0, 0.05) is 20.8 Å². The highest BCUT2D eigenvalue weighted by Gasteiger charge is 2.39. The first kappa shape index (κ1) is 12.6. The maximum absolute atomic E-state index is 5.93. The molecule has 0 bridgehead atoms. The second kappa shape index (κ2) is 4.77. The van der Waals surface area contributed by atoms with E-state index >= 15 is 0 Å². The number of ether oxygens (including phenoxy) is 1. The van der Waals surface area contributed by atoms with Crippen LogP contribution in [-0.4, -0.2) is 19.3 Å². The summed E-state index contributed by atoms with van der Waals surface area (Å²) in [7, 11) is 2.01. The van der Waals surface area contributed by atoms with E-state index in [2.05, 4.69) is 41.2 Å². The molecule has 0 saturated carbocycles. The lowest BCUT2D eigenvalue weighted by molar-refractivity contribution is -0.00949. The van der Waals surface area contributed by atoms with Crippen LogP contribution < -0.4 is 5.32 Å². The highest BCUT2D eigenvalue weighted by atomic mass is 79.9. The zero-order chi connectivity index (χ0) is 11.8. The summed E-state index contributed by atoms with van der Waals surface area (Å²) in [6, 6.07) is 2.51. The van der Waals surface area contributed by atoms with E-state index in [1.165, 1.54) is 20.6 Å². The predicted molar refractivity (Wildman–Crippen MR) is 72.1 cm³/mol.